The molecule has 7 heteroatoms. The Hall–Kier alpha value is -3.35. The van der Waals surface area contributed by atoms with Crippen LogP contribution in [0.1, 0.15) is 28.9 Å². The summed E-state index contributed by atoms with van der Waals surface area (Å²) in [6, 6.07) is 15.5. The molecule has 3 aromatic rings. The summed E-state index contributed by atoms with van der Waals surface area (Å²) >= 11 is 0. The first kappa shape index (κ1) is 18.0. The fourth-order valence-electron chi connectivity index (χ4n) is 3.41. The molecule has 28 heavy (non-hydrogen) atoms. The van der Waals surface area contributed by atoms with E-state index in [2.05, 4.69) is 15.7 Å². The number of hydrogen-bond acceptors (Lipinski definition) is 4. The van der Waals surface area contributed by atoms with Crippen molar-refractivity contribution in [2.24, 2.45) is 7.05 Å². The molecule has 1 unspecified atom stereocenters. The van der Waals surface area contributed by atoms with E-state index in [1.807, 2.05) is 48.5 Å². The molecular formula is C21H22N4O3. The third-order valence-corrected chi connectivity index (χ3v) is 4.86. The molecule has 0 radical (unpaired) electrons. The molecule has 0 aliphatic carbocycles. The van der Waals surface area contributed by atoms with Crippen LogP contribution in [0.15, 0.2) is 48.5 Å². The lowest BCUT2D eigenvalue weighted by Gasteiger charge is -2.11. The number of nitrogens with zero attached hydrogens (tertiary/aromatic N) is 2. The maximum absolute atomic E-state index is 12.7. The van der Waals surface area contributed by atoms with Gasteiger partial charge in [0.2, 0.25) is 5.91 Å². The van der Waals surface area contributed by atoms with Crippen molar-refractivity contribution in [1.29, 1.82) is 0 Å². The Morgan fingerprint density at radius 1 is 1.29 bits per heavy atom. The van der Waals surface area contributed by atoms with Gasteiger partial charge in [0.25, 0.3) is 5.91 Å². The van der Waals surface area contributed by atoms with Gasteiger partial charge in [-0.1, -0.05) is 30.3 Å². The van der Waals surface area contributed by atoms with E-state index in [1.165, 1.54) is 0 Å². The quantitative estimate of drug-likeness (QED) is 0.688. The van der Waals surface area contributed by atoms with Crippen LogP contribution >= 0.6 is 0 Å². The Morgan fingerprint density at radius 3 is 2.86 bits per heavy atom. The van der Waals surface area contributed by atoms with Gasteiger partial charge in [-0.15, -0.1) is 0 Å². The minimum Gasteiger partial charge on any atom is -0.489 e. The van der Waals surface area contributed by atoms with Crippen molar-refractivity contribution in [1.82, 2.24) is 20.4 Å². The minimum atomic E-state index is -0.216. The molecule has 0 spiro atoms. The molecule has 0 saturated carbocycles. The average molecular weight is 378 g/mol. The zero-order valence-electron chi connectivity index (χ0n) is 15.6. The molecule has 144 valence electrons. The van der Waals surface area contributed by atoms with E-state index in [0.717, 1.165) is 22.9 Å². The zero-order valence-corrected chi connectivity index (χ0v) is 15.6. The first-order valence-corrected chi connectivity index (χ1v) is 9.31. The normalized spacial score (nSPS) is 16.2. The SMILES string of the molecule is Cn1nc2ccc(OCc3ccccc3)cc2c1C(=O)NCC1CCC(=O)N1. The van der Waals surface area contributed by atoms with E-state index in [9.17, 15) is 9.59 Å². The van der Waals surface area contributed by atoms with Crippen molar-refractivity contribution < 1.29 is 14.3 Å². The standard InChI is InChI=1S/C21H22N4O3/c1-25-20(21(27)22-12-15-7-10-19(26)23-15)17-11-16(8-9-18(17)24-25)28-13-14-5-3-2-4-6-14/h2-6,8-9,11,15H,7,10,12-13H2,1H3,(H,22,27)(H,23,26). The monoisotopic (exact) mass is 378 g/mol. The minimum absolute atomic E-state index is 0.0132. The topological polar surface area (TPSA) is 85.2 Å². The largest absolute Gasteiger partial charge is 0.489 e. The fourth-order valence-corrected chi connectivity index (χ4v) is 3.41. The third kappa shape index (κ3) is 3.83. The molecule has 1 saturated heterocycles. The van der Waals surface area contributed by atoms with E-state index in [-0.39, 0.29) is 17.9 Å². The van der Waals surface area contributed by atoms with Crippen LogP contribution < -0.4 is 15.4 Å². The summed E-state index contributed by atoms with van der Waals surface area (Å²) in [5.41, 5.74) is 2.28. The Bertz CT molecular complexity index is 1010. The van der Waals surface area contributed by atoms with Crippen molar-refractivity contribution in [3.63, 3.8) is 0 Å². The Morgan fingerprint density at radius 2 is 2.11 bits per heavy atom. The number of fused-ring (bicyclic) bond motifs is 1. The summed E-state index contributed by atoms with van der Waals surface area (Å²) in [5, 5.41) is 10.9. The van der Waals surface area contributed by atoms with Gasteiger partial charge in [0, 0.05) is 31.4 Å². The fraction of sp³-hybridized carbons (Fsp3) is 0.286. The van der Waals surface area contributed by atoms with E-state index < -0.39 is 0 Å². The molecule has 2 N–H and O–H groups in total. The third-order valence-electron chi connectivity index (χ3n) is 4.86. The number of amides is 2. The van der Waals surface area contributed by atoms with Gasteiger partial charge in [0.15, 0.2) is 0 Å². The van der Waals surface area contributed by atoms with Gasteiger partial charge in [0.05, 0.1) is 5.52 Å². The molecule has 4 rings (SSSR count). The lowest BCUT2D eigenvalue weighted by Crippen LogP contribution is -2.39. The van der Waals surface area contributed by atoms with Gasteiger partial charge in [-0.3, -0.25) is 14.3 Å². The van der Waals surface area contributed by atoms with Crippen LogP contribution in [0, 0.1) is 0 Å². The van der Waals surface area contributed by atoms with Gasteiger partial charge < -0.3 is 15.4 Å². The lowest BCUT2D eigenvalue weighted by molar-refractivity contribution is -0.119. The smallest absolute Gasteiger partial charge is 0.270 e. The zero-order chi connectivity index (χ0) is 19.5. The van der Waals surface area contributed by atoms with Crippen LogP contribution in [0.5, 0.6) is 5.75 Å². The van der Waals surface area contributed by atoms with E-state index in [4.69, 9.17) is 4.74 Å². The number of ether oxygens (including phenoxy) is 1. The van der Waals surface area contributed by atoms with Crippen molar-refractivity contribution in [2.75, 3.05) is 6.54 Å². The summed E-state index contributed by atoms with van der Waals surface area (Å²) in [6.45, 7) is 0.858. The van der Waals surface area contributed by atoms with E-state index in [1.54, 1.807) is 11.7 Å². The predicted octanol–water partition coefficient (Wildman–Crippen LogP) is 2.16. The number of nitrogens with one attached hydrogen (secondary N) is 2. The molecule has 1 atom stereocenters. The van der Waals surface area contributed by atoms with Crippen LogP contribution in [0.25, 0.3) is 10.9 Å². The number of aromatic nitrogens is 2. The van der Waals surface area contributed by atoms with Crippen LogP contribution in [0.3, 0.4) is 0 Å². The molecule has 2 aromatic carbocycles. The molecule has 1 fully saturated rings. The summed E-state index contributed by atoms with van der Waals surface area (Å²) in [7, 11) is 1.75. The number of benzene rings is 2. The number of hydrogen-bond donors (Lipinski definition) is 2. The summed E-state index contributed by atoms with van der Waals surface area (Å²) in [4.78, 5) is 24.0. The van der Waals surface area contributed by atoms with Crippen LogP contribution in [0.2, 0.25) is 0 Å². The predicted molar refractivity (Wildman–Crippen MR) is 105 cm³/mol. The molecule has 2 amide bonds. The number of carbonyl (C=O) groups excluding carboxylic acids is 2. The molecule has 2 heterocycles. The van der Waals surface area contributed by atoms with E-state index >= 15 is 0 Å². The van der Waals surface area contributed by atoms with Gasteiger partial charge >= 0.3 is 0 Å². The van der Waals surface area contributed by atoms with Gasteiger partial charge in [-0.05, 0) is 30.2 Å². The number of aryl methyl sites for hydroxylation is 1. The maximum atomic E-state index is 12.7. The summed E-state index contributed by atoms with van der Waals surface area (Å²) in [5.74, 6) is 0.498. The van der Waals surface area contributed by atoms with Crippen molar-refractivity contribution >= 4 is 22.7 Å². The molecule has 1 aromatic heterocycles. The summed E-state index contributed by atoms with van der Waals surface area (Å²) in [6.07, 6.45) is 1.25. The first-order chi connectivity index (χ1) is 13.6. The van der Waals surface area contributed by atoms with Gasteiger partial charge in [0.1, 0.15) is 18.1 Å². The highest BCUT2D eigenvalue weighted by Gasteiger charge is 2.23. The maximum Gasteiger partial charge on any atom is 0.270 e. The van der Waals surface area contributed by atoms with Crippen LogP contribution in [-0.4, -0.2) is 34.2 Å². The second-order valence-corrected chi connectivity index (χ2v) is 6.94. The summed E-state index contributed by atoms with van der Waals surface area (Å²) < 4.78 is 7.46. The van der Waals surface area contributed by atoms with Crippen LogP contribution in [0.4, 0.5) is 0 Å². The molecule has 1 aliphatic rings. The molecular weight excluding hydrogens is 356 g/mol. The number of rotatable bonds is 6. The highest BCUT2D eigenvalue weighted by molar-refractivity contribution is 6.05. The van der Waals surface area contributed by atoms with Crippen LogP contribution in [-0.2, 0) is 18.4 Å². The molecule has 7 nitrogen and oxygen atoms in total. The second-order valence-electron chi connectivity index (χ2n) is 6.94. The Kier molecular flexibility index (Phi) is 4.97. The van der Waals surface area contributed by atoms with E-state index in [0.29, 0.717) is 31.0 Å². The highest BCUT2D eigenvalue weighted by Crippen LogP contribution is 2.24. The van der Waals surface area contributed by atoms with Gasteiger partial charge in [-0.25, -0.2) is 0 Å². The van der Waals surface area contributed by atoms with Gasteiger partial charge in [-0.2, -0.15) is 5.10 Å². The average Bonchev–Trinajstić information content (AvgIpc) is 3.27. The van der Waals surface area contributed by atoms with Crippen molar-refractivity contribution in [2.45, 2.75) is 25.5 Å². The van der Waals surface area contributed by atoms with Crippen molar-refractivity contribution in [3.8, 4) is 5.75 Å². The number of carbonyl (C=O) groups is 2. The molecule has 0 bridgehead atoms. The Balaban J connectivity index is 1.49. The molecule has 1 aliphatic heterocycles. The Labute approximate surface area is 162 Å². The highest BCUT2D eigenvalue weighted by atomic mass is 16.5. The second kappa shape index (κ2) is 7.72. The first-order valence-electron chi connectivity index (χ1n) is 9.31. The van der Waals surface area contributed by atoms with Crippen molar-refractivity contribution in [3.05, 3.63) is 59.8 Å². The lowest BCUT2D eigenvalue weighted by atomic mass is 10.1.